The predicted molar refractivity (Wildman–Crippen MR) is 119 cm³/mol. The van der Waals surface area contributed by atoms with Gasteiger partial charge >= 0.3 is 6.03 Å². The molecule has 5 rings (SSSR count). The smallest absolute Gasteiger partial charge is 0.321 e. The standard InChI is InChI=1S/C25H25N3O2/c1-17-7-5-6-10-21(17)22-11-12-23-19-13-18(15-28(23)24(22)29)14-27(16-19)25(30)26-20-8-3-2-4-9-20/h2-12,18-19H,13-16H2,1H3,(H,26,30)/t18-,19+/m0/s1. The molecule has 0 radical (unpaired) electrons. The number of para-hydroxylation sites is 1. The summed E-state index contributed by atoms with van der Waals surface area (Å²) in [5.41, 5.74) is 4.80. The summed E-state index contributed by atoms with van der Waals surface area (Å²) >= 11 is 0. The van der Waals surface area contributed by atoms with Crippen LogP contribution in [0.5, 0.6) is 0 Å². The van der Waals surface area contributed by atoms with E-state index in [0.717, 1.165) is 34.5 Å². The molecule has 1 aromatic heterocycles. The van der Waals surface area contributed by atoms with E-state index in [1.54, 1.807) is 0 Å². The Morgan fingerprint density at radius 1 is 0.900 bits per heavy atom. The lowest BCUT2D eigenvalue weighted by atomic mass is 9.83. The van der Waals surface area contributed by atoms with Gasteiger partial charge in [0.1, 0.15) is 0 Å². The van der Waals surface area contributed by atoms with Crippen LogP contribution in [0.3, 0.4) is 0 Å². The Morgan fingerprint density at radius 2 is 1.67 bits per heavy atom. The molecule has 0 spiro atoms. The minimum atomic E-state index is -0.0665. The maximum Gasteiger partial charge on any atom is 0.321 e. The first-order chi connectivity index (χ1) is 14.6. The number of nitrogens with one attached hydrogen (secondary N) is 1. The highest BCUT2D eigenvalue weighted by Crippen LogP contribution is 2.36. The van der Waals surface area contributed by atoms with Gasteiger partial charge in [-0.05, 0) is 54.7 Å². The number of benzene rings is 2. The first-order valence-electron chi connectivity index (χ1n) is 10.5. The first-order valence-corrected chi connectivity index (χ1v) is 10.5. The van der Waals surface area contributed by atoms with Crippen molar-refractivity contribution in [3.63, 3.8) is 0 Å². The van der Waals surface area contributed by atoms with Crippen molar-refractivity contribution in [2.24, 2.45) is 5.92 Å². The molecule has 1 fully saturated rings. The number of carbonyl (C=O) groups excluding carboxylic acids is 1. The molecule has 5 nitrogen and oxygen atoms in total. The second-order valence-electron chi connectivity index (χ2n) is 8.40. The Bertz CT molecular complexity index is 1150. The summed E-state index contributed by atoms with van der Waals surface area (Å²) in [6.45, 7) is 4.02. The summed E-state index contributed by atoms with van der Waals surface area (Å²) in [7, 11) is 0. The van der Waals surface area contributed by atoms with Gasteiger partial charge in [0.25, 0.3) is 5.56 Å². The zero-order valence-corrected chi connectivity index (χ0v) is 17.0. The van der Waals surface area contributed by atoms with Gasteiger partial charge in [-0.15, -0.1) is 0 Å². The molecule has 0 aliphatic carbocycles. The molecule has 1 N–H and O–H groups in total. The average molecular weight is 399 g/mol. The van der Waals surface area contributed by atoms with Gasteiger partial charge < -0.3 is 14.8 Å². The number of aromatic nitrogens is 1. The lowest BCUT2D eigenvalue weighted by molar-refractivity contribution is 0.139. The van der Waals surface area contributed by atoms with E-state index < -0.39 is 0 Å². The van der Waals surface area contributed by atoms with Crippen molar-refractivity contribution in [3.8, 4) is 11.1 Å². The van der Waals surface area contributed by atoms with Crippen LogP contribution in [0.1, 0.15) is 23.6 Å². The van der Waals surface area contributed by atoms with Gasteiger partial charge in [0.15, 0.2) is 0 Å². The maximum atomic E-state index is 13.3. The molecule has 1 saturated heterocycles. The van der Waals surface area contributed by atoms with Crippen molar-refractivity contribution in [2.45, 2.75) is 25.8 Å². The van der Waals surface area contributed by atoms with Crippen molar-refractivity contribution in [1.82, 2.24) is 9.47 Å². The van der Waals surface area contributed by atoms with E-state index in [0.29, 0.717) is 25.6 Å². The van der Waals surface area contributed by atoms with E-state index in [1.807, 2.05) is 77.1 Å². The fourth-order valence-electron chi connectivity index (χ4n) is 4.92. The Hall–Kier alpha value is -3.34. The van der Waals surface area contributed by atoms with Crippen LogP contribution in [-0.4, -0.2) is 28.6 Å². The number of rotatable bonds is 2. The lowest BCUT2D eigenvalue weighted by Gasteiger charge is -2.42. The zero-order valence-electron chi connectivity index (χ0n) is 17.0. The van der Waals surface area contributed by atoms with Crippen molar-refractivity contribution in [3.05, 3.63) is 88.3 Å². The summed E-state index contributed by atoms with van der Waals surface area (Å²) in [5, 5.41) is 2.99. The van der Waals surface area contributed by atoms with Gasteiger partial charge in [0, 0.05) is 42.5 Å². The molecule has 3 aromatic rings. The molecule has 2 aliphatic rings. The summed E-state index contributed by atoms with van der Waals surface area (Å²) < 4.78 is 1.95. The van der Waals surface area contributed by atoms with Gasteiger partial charge in [-0.1, -0.05) is 42.5 Å². The number of nitrogens with zero attached hydrogens (tertiary/aromatic N) is 2. The third-order valence-electron chi connectivity index (χ3n) is 6.35. The molecular formula is C25H25N3O2. The average Bonchev–Trinajstić information content (AvgIpc) is 2.76. The van der Waals surface area contributed by atoms with Crippen LogP contribution in [0.25, 0.3) is 11.1 Å². The Labute approximate surface area is 176 Å². The number of fused-ring (bicyclic) bond motifs is 4. The fourth-order valence-corrected chi connectivity index (χ4v) is 4.92. The number of piperidine rings is 1. The molecule has 0 unspecified atom stereocenters. The highest BCUT2D eigenvalue weighted by Gasteiger charge is 2.36. The van der Waals surface area contributed by atoms with E-state index in [-0.39, 0.29) is 17.5 Å². The van der Waals surface area contributed by atoms with E-state index in [1.165, 1.54) is 0 Å². The van der Waals surface area contributed by atoms with E-state index >= 15 is 0 Å². The van der Waals surface area contributed by atoms with Crippen molar-refractivity contribution < 1.29 is 4.79 Å². The third-order valence-corrected chi connectivity index (χ3v) is 6.35. The molecule has 3 heterocycles. The molecule has 2 aliphatic heterocycles. The molecule has 2 bridgehead atoms. The molecule has 30 heavy (non-hydrogen) atoms. The van der Waals surface area contributed by atoms with E-state index in [2.05, 4.69) is 11.4 Å². The number of aryl methyl sites for hydroxylation is 1. The fraction of sp³-hybridized carbons (Fsp3) is 0.280. The van der Waals surface area contributed by atoms with Gasteiger partial charge in [0.2, 0.25) is 0 Å². The molecule has 152 valence electrons. The minimum absolute atomic E-state index is 0.0665. The van der Waals surface area contributed by atoms with Crippen LogP contribution in [0.4, 0.5) is 10.5 Å². The van der Waals surface area contributed by atoms with Gasteiger partial charge in [0.05, 0.1) is 0 Å². The highest BCUT2D eigenvalue weighted by atomic mass is 16.2. The maximum absolute atomic E-state index is 13.3. The second kappa shape index (κ2) is 7.48. The number of amides is 2. The molecule has 2 atom stereocenters. The monoisotopic (exact) mass is 399 g/mol. The number of anilines is 1. The first kappa shape index (κ1) is 18.7. The number of likely N-dealkylation sites (tertiary alicyclic amines) is 1. The molecule has 5 heteroatoms. The van der Waals surface area contributed by atoms with Crippen molar-refractivity contribution in [2.75, 3.05) is 18.4 Å². The molecule has 2 aromatic carbocycles. The van der Waals surface area contributed by atoms with Crippen LogP contribution in [0.15, 0.2) is 71.5 Å². The number of pyridine rings is 1. The largest absolute Gasteiger partial charge is 0.324 e. The summed E-state index contributed by atoms with van der Waals surface area (Å²) in [6, 6.07) is 21.5. The molecular weight excluding hydrogens is 374 g/mol. The van der Waals surface area contributed by atoms with Crippen LogP contribution < -0.4 is 10.9 Å². The number of hydrogen-bond acceptors (Lipinski definition) is 2. The third kappa shape index (κ3) is 3.30. The zero-order chi connectivity index (χ0) is 20.7. The molecule has 0 saturated carbocycles. The Morgan fingerprint density at radius 3 is 2.47 bits per heavy atom. The van der Waals surface area contributed by atoms with Crippen molar-refractivity contribution in [1.29, 1.82) is 0 Å². The lowest BCUT2D eigenvalue weighted by Crippen LogP contribution is -2.50. The predicted octanol–water partition coefficient (Wildman–Crippen LogP) is 4.47. The number of carbonyl (C=O) groups is 1. The summed E-state index contributed by atoms with van der Waals surface area (Å²) in [4.78, 5) is 28.0. The summed E-state index contributed by atoms with van der Waals surface area (Å²) in [5.74, 6) is 0.486. The number of hydrogen-bond donors (Lipinski definition) is 1. The second-order valence-corrected chi connectivity index (χ2v) is 8.40. The highest BCUT2D eigenvalue weighted by molar-refractivity contribution is 5.89. The van der Waals surface area contributed by atoms with Crippen LogP contribution in [0, 0.1) is 12.8 Å². The normalized spacial score (nSPS) is 19.8. The van der Waals surface area contributed by atoms with Gasteiger partial charge in [-0.2, -0.15) is 0 Å². The van der Waals surface area contributed by atoms with E-state index in [9.17, 15) is 9.59 Å². The number of urea groups is 1. The van der Waals surface area contributed by atoms with Crippen molar-refractivity contribution >= 4 is 11.7 Å². The summed E-state index contributed by atoms with van der Waals surface area (Å²) in [6.07, 6.45) is 1.03. The molecule has 2 amide bonds. The van der Waals surface area contributed by atoms with Crippen LogP contribution >= 0.6 is 0 Å². The Balaban J connectivity index is 1.42. The Kier molecular flexibility index (Phi) is 4.66. The van der Waals surface area contributed by atoms with Gasteiger partial charge in [-0.3, -0.25) is 4.79 Å². The van der Waals surface area contributed by atoms with Crippen LogP contribution in [-0.2, 0) is 6.54 Å². The van der Waals surface area contributed by atoms with Gasteiger partial charge in [-0.25, -0.2) is 4.79 Å². The van der Waals surface area contributed by atoms with Crippen LogP contribution in [0.2, 0.25) is 0 Å². The van der Waals surface area contributed by atoms with E-state index in [4.69, 9.17) is 0 Å². The minimum Gasteiger partial charge on any atom is -0.324 e. The topological polar surface area (TPSA) is 54.3 Å². The SMILES string of the molecule is Cc1ccccc1-c1ccc2n(c1=O)C[C@H]1C[C@@H]2CN(C(=O)Nc2ccccc2)C1. The quantitative estimate of drug-likeness (QED) is 0.691.